The van der Waals surface area contributed by atoms with Crippen LogP contribution in [0.2, 0.25) is 5.02 Å². The monoisotopic (exact) mass is 296 g/mol. The molecule has 2 rings (SSSR count). The van der Waals surface area contributed by atoms with Gasteiger partial charge in [0.25, 0.3) is 0 Å². The van der Waals surface area contributed by atoms with E-state index in [1.165, 1.54) is 18.3 Å². The number of ether oxygens (including phenoxy) is 1. The summed E-state index contributed by atoms with van der Waals surface area (Å²) in [6.45, 7) is 0.127. The average Bonchev–Trinajstić information content (AvgIpc) is 2.42. The van der Waals surface area contributed by atoms with Gasteiger partial charge in [-0.2, -0.15) is 0 Å². The lowest BCUT2D eigenvalue weighted by atomic mass is 10.3. The molecular formula is C13H10ClFN2O3. The van der Waals surface area contributed by atoms with E-state index in [2.05, 4.69) is 9.97 Å². The van der Waals surface area contributed by atoms with E-state index in [1.807, 2.05) is 0 Å². The number of nitrogens with zero attached hydrogens (tertiary/aromatic N) is 2. The van der Waals surface area contributed by atoms with E-state index in [9.17, 15) is 9.18 Å². The van der Waals surface area contributed by atoms with Gasteiger partial charge in [0, 0.05) is 6.42 Å². The fourth-order valence-corrected chi connectivity index (χ4v) is 1.66. The highest BCUT2D eigenvalue weighted by Crippen LogP contribution is 2.16. The number of aromatic carboxylic acids is 1. The number of hydrogen-bond donors (Lipinski definition) is 1. The van der Waals surface area contributed by atoms with Crippen LogP contribution in [0.5, 0.6) is 5.75 Å². The molecule has 1 heterocycles. The molecular weight excluding hydrogens is 287 g/mol. The smallest absolute Gasteiger partial charge is 0.356 e. The summed E-state index contributed by atoms with van der Waals surface area (Å²) in [5, 5.41) is 8.84. The maximum Gasteiger partial charge on any atom is 0.356 e. The van der Waals surface area contributed by atoms with Gasteiger partial charge in [-0.3, -0.25) is 0 Å². The van der Waals surface area contributed by atoms with E-state index in [0.717, 1.165) is 0 Å². The molecule has 7 heteroatoms. The van der Waals surface area contributed by atoms with Crippen LogP contribution in [0.15, 0.2) is 30.5 Å². The third-order valence-corrected chi connectivity index (χ3v) is 2.69. The molecule has 0 radical (unpaired) electrons. The molecule has 0 aliphatic carbocycles. The second-order valence-corrected chi connectivity index (χ2v) is 4.22. The van der Waals surface area contributed by atoms with Crippen LogP contribution in [-0.4, -0.2) is 27.7 Å². The van der Waals surface area contributed by atoms with Gasteiger partial charge >= 0.3 is 5.97 Å². The van der Waals surface area contributed by atoms with Gasteiger partial charge < -0.3 is 9.84 Å². The number of para-hydroxylation sites is 1. The third-order valence-electron chi connectivity index (χ3n) is 2.42. The van der Waals surface area contributed by atoms with Gasteiger partial charge in [0.05, 0.1) is 17.8 Å². The van der Waals surface area contributed by atoms with Crippen LogP contribution in [0.1, 0.15) is 16.3 Å². The highest BCUT2D eigenvalue weighted by molar-refractivity contribution is 6.33. The van der Waals surface area contributed by atoms with Crippen LogP contribution in [0.4, 0.5) is 4.39 Å². The highest BCUT2D eigenvalue weighted by atomic mass is 35.5. The zero-order valence-electron chi connectivity index (χ0n) is 10.2. The number of carboxylic acids is 1. The average molecular weight is 297 g/mol. The number of aromatic nitrogens is 2. The molecule has 1 aromatic carbocycles. The fourth-order valence-electron chi connectivity index (χ4n) is 1.49. The quantitative estimate of drug-likeness (QED) is 0.918. The molecule has 0 aliphatic rings. The lowest BCUT2D eigenvalue weighted by Gasteiger charge is -2.06. The van der Waals surface area contributed by atoms with Crippen molar-refractivity contribution in [1.82, 2.24) is 9.97 Å². The summed E-state index contributed by atoms with van der Waals surface area (Å²) in [4.78, 5) is 18.6. The summed E-state index contributed by atoms with van der Waals surface area (Å²) in [6, 6.07) is 6.00. The van der Waals surface area contributed by atoms with Gasteiger partial charge in [-0.1, -0.05) is 23.7 Å². The summed E-state index contributed by atoms with van der Waals surface area (Å²) in [5.74, 6) is -1.30. The lowest BCUT2D eigenvalue weighted by Crippen LogP contribution is -2.10. The van der Waals surface area contributed by atoms with Crippen LogP contribution >= 0.6 is 11.6 Å². The van der Waals surface area contributed by atoms with Crippen LogP contribution in [-0.2, 0) is 6.42 Å². The summed E-state index contributed by atoms with van der Waals surface area (Å²) in [5.41, 5.74) is -0.262. The first-order chi connectivity index (χ1) is 9.58. The van der Waals surface area contributed by atoms with Crippen molar-refractivity contribution in [1.29, 1.82) is 0 Å². The molecule has 0 atom stereocenters. The minimum atomic E-state index is -1.23. The number of hydrogen-bond acceptors (Lipinski definition) is 4. The molecule has 5 nitrogen and oxygen atoms in total. The van der Waals surface area contributed by atoms with Gasteiger partial charge in [0.15, 0.2) is 17.3 Å². The Balaban J connectivity index is 2.00. The Morgan fingerprint density at radius 3 is 2.85 bits per heavy atom. The summed E-state index contributed by atoms with van der Waals surface area (Å²) in [6.07, 6.45) is 1.46. The second kappa shape index (κ2) is 6.29. The number of halogens is 2. The molecule has 0 bridgehead atoms. The van der Waals surface area contributed by atoms with Crippen molar-refractivity contribution in [3.8, 4) is 5.75 Å². The summed E-state index contributed by atoms with van der Waals surface area (Å²) in [7, 11) is 0. The van der Waals surface area contributed by atoms with Gasteiger partial charge in [0.1, 0.15) is 5.82 Å². The molecule has 1 aromatic heterocycles. The van der Waals surface area contributed by atoms with Crippen LogP contribution in [0.25, 0.3) is 0 Å². The summed E-state index contributed by atoms with van der Waals surface area (Å²) >= 11 is 5.66. The van der Waals surface area contributed by atoms with Crippen molar-refractivity contribution in [2.24, 2.45) is 0 Å². The Bertz CT molecular complexity index is 637. The van der Waals surface area contributed by atoms with Crippen LogP contribution in [0.3, 0.4) is 0 Å². The van der Waals surface area contributed by atoms with Crippen molar-refractivity contribution in [3.05, 3.63) is 52.8 Å². The largest absolute Gasteiger partial charge is 0.490 e. The predicted octanol–water partition coefficient (Wildman–Crippen LogP) is 2.59. The van der Waals surface area contributed by atoms with Crippen LogP contribution in [0, 0.1) is 5.82 Å². The van der Waals surface area contributed by atoms with E-state index in [0.29, 0.717) is 0 Å². The maximum atomic E-state index is 13.3. The topological polar surface area (TPSA) is 72.3 Å². The Labute approximate surface area is 119 Å². The molecule has 0 aliphatic heterocycles. The van der Waals surface area contributed by atoms with Crippen molar-refractivity contribution in [3.63, 3.8) is 0 Å². The Morgan fingerprint density at radius 1 is 1.40 bits per heavy atom. The van der Waals surface area contributed by atoms with Crippen LogP contribution < -0.4 is 4.74 Å². The SMILES string of the molecule is O=C(O)c1nc(CCOc2ccccc2F)ncc1Cl. The maximum absolute atomic E-state index is 13.3. The first kappa shape index (κ1) is 14.2. The molecule has 20 heavy (non-hydrogen) atoms. The van der Waals surface area contributed by atoms with Gasteiger partial charge in [-0.25, -0.2) is 19.2 Å². The second-order valence-electron chi connectivity index (χ2n) is 3.82. The fraction of sp³-hybridized carbons (Fsp3) is 0.154. The minimum absolute atomic E-state index is 0.0312. The van der Waals surface area contributed by atoms with Crippen molar-refractivity contribution in [2.45, 2.75) is 6.42 Å². The highest BCUT2D eigenvalue weighted by Gasteiger charge is 2.12. The van der Waals surface area contributed by atoms with Gasteiger partial charge in [0.2, 0.25) is 0 Å². The van der Waals surface area contributed by atoms with E-state index in [-0.39, 0.29) is 35.3 Å². The molecule has 0 saturated heterocycles. The number of rotatable bonds is 5. The Morgan fingerprint density at radius 2 is 2.15 bits per heavy atom. The van der Waals surface area contributed by atoms with E-state index < -0.39 is 11.8 Å². The van der Waals surface area contributed by atoms with Crippen molar-refractivity contribution < 1.29 is 19.0 Å². The summed E-state index contributed by atoms with van der Waals surface area (Å²) < 4.78 is 18.5. The number of benzene rings is 1. The predicted molar refractivity (Wildman–Crippen MR) is 69.6 cm³/mol. The number of carbonyl (C=O) groups is 1. The third kappa shape index (κ3) is 3.42. The standard InChI is InChI=1S/C13H10ClFN2O3/c14-8-7-16-11(17-12(8)13(18)19)5-6-20-10-4-2-1-3-9(10)15/h1-4,7H,5-6H2,(H,18,19). The first-order valence-corrected chi connectivity index (χ1v) is 6.08. The van der Waals surface area contributed by atoms with E-state index >= 15 is 0 Å². The van der Waals surface area contributed by atoms with Crippen molar-refractivity contribution >= 4 is 17.6 Å². The molecule has 0 amide bonds. The molecule has 2 aromatic rings. The molecule has 1 N–H and O–H groups in total. The number of carboxylic acid groups (broad SMARTS) is 1. The van der Waals surface area contributed by atoms with Gasteiger partial charge in [-0.15, -0.1) is 0 Å². The molecule has 0 fully saturated rings. The molecule has 0 unspecified atom stereocenters. The van der Waals surface area contributed by atoms with E-state index in [1.54, 1.807) is 12.1 Å². The zero-order valence-corrected chi connectivity index (χ0v) is 11.0. The molecule has 0 saturated carbocycles. The molecule has 0 spiro atoms. The normalized spacial score (nSPS) is 10.3. The Kier molecular flexibility index (Phi) is 4.47. The van der Waals surface area contributed by atoms with Crippen molar-refractivity contribution in [2.75, 3.05) is 6.61 Å². The minimum Gasteiger partial charge on any atom is -0.490 e. The first-order valence-electron chi connectivity index (χ1n) is 5.70. The zero-order chi connectivity index (χ0) is 14.5. The van der Waals surface area contributed by atoms with E-state index in [4.69, 9.17) is 21.4 Å². The Hall–Kier alpha value is -2.21. The lowest BCUT2D eigenvalue weighted by molar-refractivity contribution is 0.0690. The molecule has 104 valence electrons. The van der Waals surface area contributed by atoms with Gasteiger partial charge in [-0.05, 0) is 12.1 Å².